The van der Waals surface area contributed by atoms with E-state index in [9.17, 15) is 48.6 Å². The summed E-state index contributed by atoms with van der Waals surface area (Å²) in [4.78, 5) is 101. The molecule has 8 saturated heterocycles. The minimum Gasteiger partial charge on any atom is -0.445 e. The minimum atomic E-state index is -1.18. The predicted octanol–water partition coefficient (Wildman–Crippen LogP) is 1.31. The molecule has 10 N–H and O–H groups in total. The van der Waals surface area contributed by atoms with Crippen molar-refractivity contribution in [3.8, 4) is 0 Å². The van der Waals surface area contributed by atoms with Gasteiger partial charge in [0, 0.05) is 60.5 Å². The van der Waals surface area contributed by atoms with Gasteiger partial charge < -0.3 is 82.0 Å². The number of aliphatic hydroxyl groups is 2. The Labute approximate surface area is 485 Å². The fraction of sp³-hybridized carbons (Fsp3) is 0.593. The average Bonchev–Trinajstić information content (AvgIpc) is 4.25. The summed E-state index contributed by atoms with van der Waals surface area (Å²) >= 11 is 0. The number of ether oxygens (including phenoxy) is 2. The van der Waals surface area contributed by atoms with Gasteiger partial charge in [-0.2, -0.15) is 0 Å². The number of aliphatic hydroxyl groups excluding tert-OH is 2. The van der Waals surface area contributed by atoms with Gasteiger partial charge in [-0.05, 0) is 111 Å². The first-order valence-electron chi connectivity index (χ1n) is 25.9. The zero-order valence-corrected chi connectivity index (χ0v) is 48.9. The maximum atomic E-state index is 13.0. The Morgan fingerprint density at radius 1 is 0.603 bits per heavy atom. The summed E-state index contributed by atoms with van der Waals surface area (Å²) in [6, 6.07) is 16.7. The normalized spacial score (nSPS) is 29.8. The van der Waals surface area contributed by atoms with Crippen molar-refractivity contribution in [2.45, 2.75) is 177 Å². The molecule has 78 heavy (non-hydrogen) atoms. The van der Waals surface area contributed by atoms with Gasteiger partial charge in [0.05, 0.1) is 36.4 Å². The molecule has 8 amide bonds. The number of carbonyl (C=O) groups excluding carboxylic acids is 8. The average molecular weight is 1270 g/mol. The number of amides is 8. The Bertz CT molecular complexity index is 2420. The first kappa shape index (κ1) is 67.2. The molecule has 2 aromatic rings. The SMILES string of the molecule is CC1NC(=O)C12CCCN2.CC1NC(=O)C12CCCN2C(=O)OCc1ccccc1.CC1NC(=O)C12CCCN2C(=O)[C@@H](N)[C@@H](C)O.CC1NC(=O)C12CCCN2C(=O)[C@@H](NC(=O)OCc1ccccc1)[C@@H](C)O.[CH3-].[CH3-].[Pd].[Pd]. The van der Waals surface area contributed by atoms with Gasteiger partial charge in [0.15, 0.2) is 0 Å². The summed E-state index contributed by atoms with van der Waals surface area (Å²) in [5.41, 5.74) is 4.98. The second kappa shape index (κ2) is 27.9. The molecule has 0 aromatic heterocycles. The summed E-state index contributed by atoms with van der Waals surface area (Å²) in [6.07, 6.45) is 3.26. The number of hydrogen-bond acceptors (Lipinski definition) is 14. The zero-order valence-electron chi connectivity index (χ0n) is 45.8. The van der Waals surface area contributed by atoms with Gasteiger partial charge in [0.2, 0.25) is 35.4 Å². The number of nitrogens with one attached hydrogen (secondary N) is 6. The molecule has 12 atom stereocenters. The van der Waals surface area contributed by atoms with Gasteiger partial charge in [-0.3, -0.25) is 33.7 Å². The van der Waals surface area contributed by atoms with Crippen molar-refractivity contribution in [3.63, 3.8) is 0 Å². The molecule has 8 fully saturated rings. The molecule has 0 saturated carbocycles. The smallest absolute Gasteiger partial charge is 0.411 e. The summed E-state index contributed by atoms with van der Waals surface area (Å²) in [6.45, 7) is 13.5. The molecule has 8 unspecified atom stereocenters. The van der Waals surface area contributed by atoms with E-state index in [0.29, 0.717) is 44.9 Å². The van der Waals surface area contributed by atoms with Gasteiger partial charge in [0.25, 0.3) is 0 Å². The van der Waals surface area contributed by atoms with Crippen LogP contribution in [0.1, 0.15) is 104 Å². The van der Waals surface area contributed by atoms with Crippen molar-refractivity contribution in [2.75, 3.05) is 26.2 Å². The first-order chi connectivity index (χ1) is 35.2. The van der Waals surface area contributed by atoms with Gasteiger partial charge in [-0.15, -0.1) is 0 Å². The van der Waals surface area contributed by atoms with Crippen molar-refractivity contribution in [1.82, 2.24) is 46.6 Å². The molecule has 24 heteroatoms. The van der Waals surface area contributed by atoms with E-state index in [1.54, 1.807) is 9.80 Å². The molecule has 8 aliphatic rings. The Morgan fingerprint density at radius 2 is 1.01 bits per heavy atom. The number of rotatable bonds is 9. The van der Waals surface area contributed by atoms with Crippen LogP contribution >= 0.6 is 0 Å². The van der Waals surface area contributed by atoms with Crippen LogP contribution in [0, 0.1) is 14.9 Å². The number of nitrogens with zero attached hydrogens (tertiary/aromatic N) is 3. The largest absolute Gasteiger partial charge is 0.445 e. The number of likely N-dealkylation sites (tertiary alicyclic amines) is 3. The first-order valence-corrected chi connectivity index (χ1v) is 25.9. The fourth-order valence-electron chi connectivity index (χ4n) is 11.7. The van der Waals surface area contributed by atoms with E-state index in [-0.39, 0.29) is 122 Å². The zero-order chi connectivity index (χ0) is 53.8. The Morgan fingerprint density at radius 3 is 1.37 bits per heavy atom. The summed E-state index contributed by atoms with van der Waals surface area (Å²) in [5, 5.41) is 36.3. The standard InChI is InChI=1S/C19H25N3O5.C15H18N2O3.C11H19N3O3.C7H12N2O.2CH3.2Pd/c1-12(23)15(21-18(26)27-11-14-7-4-3-5-8-14)16(24)22-10-6-9-19(22)13(2)20-17(19)25;1-11-15(13(18)16-11)8-5-9-17(15)14(19)20-10-12-6-3-2-4-7-12;1-6(15)8(12)9(16)14-5-3-4-11(14)7(2)13-10(11)17;1-5-7(6(10)9-5)3-2-4-8-7;;;;/h3-5,7-8,12-13,15,23H,6,9-11H2,1-2H3,(H,20,25)(H,21,26);2-4,6-7,11H,5,8-10H2,1H3,(H,16,18);6-8,15H,3-5,12H2,1-2H3,(H,13,17);5,8H,2-4H2,1H3,(H,9,10);2*1H3;;/q;;;;2*-1;;/t12-,13?,15+,19?;;6-,7?,8+,11?;;;;;/m1.1...../s1. The van der Waals surface area contributed by atoms with Gasteiger partial charge in [0.1, 0.15) is 47.5 Å². The van der Waals surface area contributed by atoms with Crippen molar-refractivity contribution >= 4 is 47.6 Å². The van der Waals surface area contributed by atoms with E-state index in [2.05, 4.69) is 38.8 Å². The van der Waals surface area contributed by atoms with Crippen molar-refractivity contribution in [1.29, 1.82) is 0 Å². The summed E-state index contributed by atoms with van der Waals surface area (Å²) < 4.78 is 10.5. The quantitative estimate of drug-likeness (QED) is 0.0973. The third kappa shape index (κ3) is 12.8. The second-order valence-electron chi connectivity index (χ2n) is 20.7. The maximum absolute atomic E-state index is 13.0. The molecule has 2 aromatic carbocycles. The molecule has 10 rings (SSSR count). The predicted molar refractivity (Wildman–Crippen MR) is 281 cm³/mol. The monoisotopic (exact) mass is 1270 g/mol. The van der Waals surface area contributed by atoms with E-state index in [0.717, 1.165) is 49.8 Å². The van der Waals surface area contributed by atoms with E-state index < -0.39 is 59.0 Å². The van der Waals surface area contributed by atoms with Crippen LogP contribution in [0.25, 0.3) is 0 Å². The molecule has 22 nitrogen and oxygen atoms in total. The molecule has 8 aliphatic heterocycles. The minimum absolute atomic E-state index is 0. The molecule has 4 spiro atoms. The fourth-order valence-corrected chi connectivity index (χ4v) is 11.7. The van der Waals surface area contributed by atoms with E-state index >= 15 is 0 Å². The van der Waals surface area contributed by atoms with E-state index in [1.807, 2.05) is 81.4 Å². The van der Waals surface area contributed by atoms with Gasteiger partial charge in [-0.25, -0.2) is 9.59 Å². The van der Waals surface area contributed by atoms with Crippen LogP contribution in [0.3, 0.4) is 0 Å². The van der Waals surface area contributed by atoms with Gasteiger partial charge >= 0.3 is 12.2 Å². The maximum Gasteiger partial charge on any atom is 0.411 e. The number of benzene rings is 2. The number of β-lactam (4-membered cyclic amide) rings is 4. The topological polar surface area (TPSA) is 303 Å². The van der Waals surface area contributed by atoms with Crippen LogP contribution in [0.15, 0.2) is 60.7 Å². The van der Waals surface area contributed by atoms with Crippen molar-refractivity contribution in [3.05, 3.63) is 86.6 Å². The van der Waals surface area contributed by atoms with Crippen LogP contribution in [0.4, 0.5) is 9.59 Å². The third-order valence-corrected chi connectivity index (χ3v) is 16.3. The third-order valence-electron chi connectivity index (χ3n) is 16.3. The van der Waals surface area contributed by atoms with E-state index in [1.165, 1.54) is 18.7 Å². The number of nitrogens with two attached hydrogens (primary N) is 1. The molecule has 440 valence electrons. The summed E-state index contributed by atoms with van der Waals surface area (Å²) in [7, 11) is 0. The molecule has 0 bridgehead atoms. The van der Waals surface area contributed by atoms with Crippen LogP contribution in [0.5, 0.6) is 0 Å². The van der Waals surface area contributed by atoms with Crippen molar-refractivity contribution < 1.29 is 98.9 Å². The number of carbonyl (C=O) groups is 8. The van der Waals surface area contributed by atoms with Gasteiger partial charge in [-0.1, -0.05) is 60.7 Å². The van der Waals surface area contributed by atoms with Crippen LogP contribution in [-0.4, -0.2) is 169 Å². The van der Waals surface area contributed by atoms with Crippen LogP contribution in [0.2, 0.25) is 0 Å². The Balaban J connectivity index is 0.000000281. The number of hydrogen-bond donors (Lipinski definition) is 9. The van der Waals surface area contributed by atoms with E-state index in [4.69, 9.17) is 15.2 Å². The Hall–Kier alpha value is -5.04. The molecule has 0 aliphatic carbocycles. The van der Waals surface area contributed by atoms with Crippen LogP contribution < -0.4 is 37.6 Å². The van der Waals surface area contributed by atoms with Crippen LogP contribution in [-0.2, 0) is 92.3 Å². The summed E-state index contributed by atoms with van der Waals surface area (Å²) in [5.74, 6) is -0.956. The molecule has 8 heterocycles. The second-order valence-corrected chi connectivity index (χ2v) is 20.7. The number of alkyl carbamates (subject to hydrolysis) is 1. The molecular weight excluding hydrogens is 1190 g/mol. The van der Waals surface area contributed by atoms with Crippen molar-refractivity contribution in [2.24, 2.45) is 5.73 Å². The molecule has 0 radical (unpaired) electrons. The Kier molecular flexibility index (Phi) is 24.1. The molecular formula is C54H80N10O12Pd2-2.